The van der Waals surface area contributed by atoms with Gasteiger partial charge in [-0.1, -0.05) is 6.92 Å². The maximum atomic E-state index is 11.9. The van der Waals surface area contributed by atoms with Gasteiger partial charge in [0.15, 0.2) is 0 Å². The Balaban J connectivity index is 1.80. The van der Waals surface area contributed by atoms with E-state index in [2.05, 4.69) is 29.0 Å². The number of hydrogen-bond donors (Lipinski definition) is 1. The van der Waals surface area contributed by atoms with E-state index in [4.69, 9.17) is 0 Å². The monoisotopic (exact) mass is 261 g/mol. The van der Waals surface area contributed by atoms with Crippen molar-refractivity contribution in [1.82, 2.24) is 15.2 Å². The second-order valence-corrected chi connectivity index (χ2v) is 5.54. The second kappa shape index (κ2) is 6.66. The highest BCUT2D eigenvalue weighted by atomic mass is 16.1. The standard InChI is InChI=1S/C15H23N3O/c1-12-4-3-9-18(11-12)13(2)10-17-15(19)14-5-7-16-8-6-14/h5-8,12-13H,3-4,9-11H2,1-2H3,(H,17,19)/t12-,13-/m1/s1. The topological polar surface area (TPSA) is 45.2 Å². The minimum absolute atomic E-state index is 0.0145. The van der Waals surface area contributed by atoms with Crippen molar-refractivity contribution in [2.24, 2.45) is 5.92 Å². The van der Waals surface area contributed by atoms with Crippen LogP contribution < -0.4 is 5.32 Å². The molecule has 104 valence electrons. The molecule has 2 heterocycles. The van der Waals surface area contributed by atoms with Crippen LogP contribution in [0.15, 0.2) is 24.5 Å². The normalized spacial score (nSPS) is 21.9. The lowest BCUT2D eigenvalue weighted by atomic mass is 9.99. The number of aromatic nitrogens is 1. The molecule has 4 nitrogen and oxygen atoms in total. The number of amides is 1. The predicted octanol–water partition coefficient (Wildman–Crippen LogP) is 1.93. The molecule has 0 unspecified atom stereocenters. The predicted molar refractivity (Wildman–Crippen MR) is 76.0 cm³/mol. The summed E-state index contributed by atoms with van der Waals surface area (Å²) in [5.74, 6) is 0.756. The Bertz CT molecular complexity index is 407. The van der Waals surface area contributed by atoms with Crippen LogP contribution in [0.3, 0.4) is 0 Å². The number of hydrogen-bond acceptors (Lipinski definition) is 3. The number of piperidine rings is 1. The third kappa shape index (κ3) is 4.03. The first-order chi connectivity index (χ1) is 9.16. The molecule has 0 radical (unpaired) electrons. The van der Waals surface area contributed by atoms with Crippen LogP contribution in [0.2, 0.25) is 0 Å². The van der Waals surface area contributed by atoms with E-state index in [1.165, 1.54) is 12.8 Å². The van der Waals surface area contributed by atoms with Crippen molar-refractivity contribution < 1.29 is 4.79 Å². The Morgan fingerprint density at radius 1 is 1.53 bits per heavy atom. The first-order valence-corrected chi connectivity index (χ1v) is 7.09. The SMILES string of the molecule is C[C@@H]1CCCN([C@H](C)CNC(=O)c2ccncc2)C1. The zero-order chi connectivity index (χ0) is 13.7. The third-order valence-corrected chi connectivity index (χ3v) is 3.81. The van der Waals surface area contributed by atoms with Crippen molar-refractivity contribution in [2.45, 2.75) is 32.7 Å². The Morgan fingerprint density at radius 2 is 2.26 bits per heavy atom. The largest absolute Gasteiger partial charge is 0.350 e. The Kier molecular flexibility index (Phi) is 4.91. The lowest BCUT2D eigenvalue weighted by Gasteiger charge is -2.35. The molecule has 1 aromatic heterocycles. The molecule has 19 heavy (non-hydrogen) atoms. The third-order valence-electron chi connectivity index (χ3n) is 3.81. The van der Waals surface area contributed by atoms with Crippen LogP contribution in [-0.2, 0) is 0 Å². The summed E-state index contributed by atoms with van der Waals surface area (Å²) >= 11 is 0. The maximum Gasteiger partial charge on any atom is 0.251 e. The van der Waals surface area contributed by atoms with Crippen LogP contribution in [0.4, 0.5) is 0 Å². The molecule has 1 saturated heterocycles. The Labute approximate surface area is 115 Å². The van der Waals surface area contributed by atoms with Gasteiger partial charge in [0.25, 0.3) is 5.91 Å². The molecule has 1 aromatic rings. The van der Waals surface area contributed by atoms with Gasteiger partial charge in [0.2, 0.25) is 0 Å². The molecule has 2 atom stereocenters. The van der Waals surface area contributed by atoms with E-state index in [9.17, 15) is 4.79 Å². The molecule has 1 aliphatic rings. The van der Waals surface area contributed by atoms with Gasteiger partial charge in [0.1, 0.15) is 0 Å². The number of nitrogens with zero attached hydrogens (tertiary/aromatic N) is 2. The second-order valence-electron chi connectivity index (χ2n) is 5.54. The first kappa shape index (κ1) is 14.0. The Morgan fingerprint density at radius 3 is 2.95 bits per heavy atom. The summed E-state index contributed by atoms with van der Waals surface area (Å²) in [6, 6.07) is 3.87. The van der Waals surface area contributed by atoms with E-state index in [1.54, 1.807) is 24.5 Å². The molecule has 1 fully saturated rings. The molecular formula is C15H23N3O. The van der Waals surface area contributed by atoms with Gasteiger partial charge in [-0.15, -0.1) is 0 Å². The van der Waals surface area contributed by atoms with Crippen LogP contribution in [0.25, 0.3) is 0 Å². The van der Waals surface area contributed by atoms with Crippen molar-refractivity contribution in [1.29, 1.82) is 0 Å². The van der Waals surface area contributed by atoms with Gasteiger partial charge in [-0.3, -0.25) is 14.7 Å². The summed E-state index contributed by atoms with van der Waals surface area (Å²) in [5, 5.41) is 3.00. The number of rotatable bonds is 4. The fraction of sp³-hybridized carbons (Fsp3) is 0.600. The van der Waals surface area contributed by atoms with E-state index < -0.39 is 0 Å². The molecule has 0 aliphatic carbocycles. The van der Waals surface area contributed by atoms with Crippen molar-refractivity contribution in [3.63, 3.8) is 0 Å². The van der Waals surface area contributed by atoms with Gasteiger partial charge < -0.3 is 5.32 Å². The minimum atomic E-state index is -0.0145. The lowest BCUT2D eigenvalue weighted by Crippen LogP contribution is -2.46. The molecule has 1 N–H and O–H groups in total. The summed E-state index contributed by atoms with van der Waals surface area (Å²) in [5.41, 5.74) is 0.675. The highest BCUT2D eigenvalue weighted by Crippen LogP contribution is 2.17. The van der Waals surface area contributed by atoms with Crippen LogP contribution >= 0.6 is 0 Å². The lowest BCUT2D eigenvalue weighted by molar-refractivity contribution is 0.0917. The zero-order valence-corrected chi connectivity index (χ0v) is 11.8. The minimum Gasteiger partial charge on any atom is -0.350 e. The van der Waals surface area contributed by atoms with Gasteiger partial charge in [-0.25, -0.2) is 0 Å². The highest BCUT2D eigenvalue weighted by molar-refractivity contribution is 5.93. The van der Waals surface area contributed by atoms with Crippen molar-refractivity contribution in [2.75, 3.05) is 19.6 Å². The van der Waals surface area contributed by atoms with Gasteiger partial charge >= 0.3 is 0 Å². The van der Waals surface area contributed by atoms with E-state index in [0.29, 0.717) is 18.2 Å². The number of likely N-dealkylation sites (tertiary alicyclic amines) is 1. The number of nitrogens with one attached hydrogen (secondary N) is 1. The van der Waals surface area contributed by atoms with E-state index in [0.717, 1.165) is 19.0 Å². The molecule has 0 spiro atoms. The van der Waals surface area contributed by atoms with Crippen LogP contribution in [-0.4, -0.2) is 41.5 Å². The average Bonchev–Trinajstić information content (AvgIpc) is 2.45. The number of carbonyl (C=O) groups is 1. The van der Waals surface area contributed by atoms with Crippen LogP contribution in [0.5, 0.6) is 0 Å². The molecule has 0 saturated carbocycles. The van der Waals surface area contributed by atoms with Gasteiger partial charge in [0, 0.05) is 37.1 Å². The fourth-order valence-electron chi connectivity index (χ4n) is 2.60. The van der Waals surface area contributed by atoms with Gasteiger partial charge in [-0.2, -0.15) is 0 Å². The Hall–Kier alpha value is -1.42. The van der Waals surface area contributed by atoms with Crippen LogP contribution in [0, 0.1) is 5.92 Å². The quantitative estimate of drug-likeness (QED) is 0.901. The highest BCUT2D eigenvalue weighted by Gasteiger charge is 2.21. The number of pyridine rings is 1. The van der Waals surface area contributed by atoms with Crippen molar-refractivity contribution >= 4 is 5.91 Å². The maximum absolute atomic E-state index is 11.9. The van der Waals surface area contributed by atoms with Crippen molar-refractivity contribution in [3.05, 3.63) is 30.1 Å². The first-order valence-electron chi connectivity index (χ1n) is 7.09. The van der Waals surface area contributed by atoms with E-state index in [-0.39, 0.29) is 5.91 Å². The molecule has 1 aliphatic heterocycles. The van der Waals surface area contributed by atoms with Gasteiger partial charge in [-0.05, 0) is 44.4 Å². The molecule has 1 amide bonds. The van der Waals surface area contributed by atoms with Crippen molar-refractivity contribution in [3.8, 4) is 0 Å². The summed E-state index contributed by atoms with van der Waals surface area (Å²) in [6.07, 6.45) is 5.88. The average molecular weight is 261 g/mol. The molecule has 4 heteroatoms. The zero-order valence-electron chi connectivity index (χ0n) is 11.8. The smallest absolute Gasteiger partial charge is 0.251 e. The molecular weight excluding hydrogens is 238 g/mol. The van der Waals surface area contributed by atoms with Crippen LogP contribution in [0.1, 0.15) is 37.0 Å². The number of carbonyl (C=O) groups excluding carboxylic acids is 1. The molecule has 0 bridgehead atoms. The summed E-state index contributed by atoms with van der Waals surface area (Å²) in [6.45, 7) is 7.48. The van der Waals surface area contributed by atoms with E-state index >= 15 is 0 Å². The summed E-state index contributed by atoms with van der Waals surface area (Å²) in [4.78, 5) is 18.3. The summed E-state index contributed by atoms with van der Waals surface area (Å²) < 4.78 is 0. The van der Waals surface area contributed by atoms with Gasteiger partial charge in [0.05, 0.1) is 0 Å². The summed E-state index contributed by atoms with van der Waals surface area (Å²) in [7, 11) is 0. The van der Waals surface area contributed by atoms with E-state index in [1.807, 2.05) is 0 Å². The molecule has 0 aromatic carbocycles. The fourth-order valence-corrected chi connectivity index (χ4v) is 2.60. The molecule has 2 rings (SSSR count).